The van der Waals surface area contributed by atoms with Crippen molar-refractivity contribution in [2.75, 3.05) is 5.32 Å². The molecule has 0 aliphatic rings. The van der Waals surface area contributed by atoms with Gasteiger partial charge in [-0.1, -0.05) is 42.8 Å². The summed E-state index contributed by atoms with van der Waals surface area (Å²) in [6, 6.07) is 15.9. The van der Waals surface area contributed by atoms with Crippen molar-refractivity contribution in [1.82, 2.24) is 0 Å². The molecule has 2 heteroatoms. The number of aromatic hydroxyl groups is 1. The third kappa shape index (κ3) is 2.83. The number of nitrogens with one attached hydrogen (secondary N) is 1. The molecule has 0 saturated carbocycles. The number of hydrogen-bond donors (Lipinski definition) is 2. The second kappa shape index (κ2) is 5.58. The average Bonchev–Trinajstić information content (AvgIpc) is 2.39. The van der Waals surface area contributed by atoms with Crippen molar-refractivity contribution >= 4 is 5.69 Å². The van der Waals surface area contributed by atoms with Crippen molar-refractivity contribution in [3.8, 4) is 5.75 Å². The number of benzene rings is 2. The Hall–Kier alpha value is -1.96. The van der Waals surface area contributed by atoms with Crippen LogP contribution in [0.2, 0.25) is 0 Å². The lowest BCUT2D eigenvalue weighted by atomic mass is 10.0. The minimum Gasteiger partial charge on any atom is -0.508 e. The number of rotatable bonds is 4. The molecule has 0 radical (unpaired) electrons. The number of phenols is 1. The standard InChI is InChI=1S/C16H19NO/c1-3-15(14-6-4-5-7-16(14)18)17-13-10-8-12(2)9-11-13/h4-11,15,17-18H,3H2,1-2H3. The SMILES string of the molecule is CCC(Nc1ccc(C)cc1)c1ccccc1O. The van der Waals surface area contributed by atoms with E-state index in [9.17, 15) is 5.11 Å². The van der Waals surface area contributed by atoms with E-state index in [2.05, 4.69) is 43.4 Å². The highest BCUT2D eigenvalue weighted by molar-refractivity contribution is 5.48. The molecule has 2 aromatic rings. The van der Waals surface area contributed by atoms with E-state index in [0.29, 0.717) is 5.75 Å². The molecule has 0 spiro atoms. The maximum absolute atomic E-state index is 9.89. The van der Waals surface area contributed by atoms with Gasteiger partial charge in [-0.2, -0.15) is 0 Å². The summed E-state index contributed by atoms with van der Waals surface area (Å²) in [5.74, 6) is 0.351. The Morgan fingerprint density at radius 2 is 1.72 bits per heavy atom. The predicted octanol–water partition coefficient (Wildman–Crippen LogP) is 4.26. The molecule has 2 nitrogen and oxygen atoms in total. The van der Waals surface area contributed by atoms with Crippen LogP contribution >= 0.6 is 0 Å². The van der Waals surface area contributed by atoms with E-state index in [1.54, 1.807) is 6.07 Å². The minimum absolute atomic E-state index is 0.133. The smallest absolute Gasteiger partial charge is 0.120 e. The van der Waals surface area contributed by atoms with Crippen LogP contribution in [0.4, 0.5) is 5.69 Å². The van der Waals surface area contributed by atoms with Crippen LogP contribution in [0.3, 0.4) is 0 Å². The maximum atomic E-state index is 9.89. The zero-order valence-corrected chi connectivity index (χ0v) is 10.9. The molecule has 0 aliphatic heterocycles. The van der Waals surface area contributed by atoms with Gasteiger partial charge >= 0.3 is 0 Å². The molecule has 18 heavy (non-hydrogen) atoms. The van der Waals surface area contributed by atoms with E-state index in [1.807, 2.05) is 18.2 Å². The fraction of sp³-hybridized carbons (Fsp3) is 0.250. The zero-order chi connectivity index (χ0) is 13.0. The first-order chi connectivity index (χ1) is 8.70. The van der Waals surface area contributed by atoms with Crippen molar-refractivity contribution < 1.29 is 5.11 Å². The van der Waals surface area contributed by atoms with Crippen molar-refractivity contribution in [3.05, 3.63) is 59.7 Å². The molecular weight excluding hydrogens is 222 g/mol. The number of para-hydroxylation sites is 1. The van der Waals surface area contributed by atoms with Gasteiger partial charge in [0.15, 0.2) is 0 Å². The molecule has 1 unspecified atom stereocenters. The van der Waals surface area contributed by atoms with Gasteiger partial charge in [-0.05, 0) is 31.5 Å². The van der Waals surface area contributed by atoms with Gasteiger partial charge in [0.25, 0.3) is 0 Å². The fourth-order valence-corrected chi connectivity index (χ4v) is 2.03. The van der Waals surface area contributed by atoms with E-state index in [-0.39, 0.29) is 6.04 Å². The highest BCUT2D eigenvalue weighted by Crippen LogP contribution is 2.29. The first-order valence-electron chi connectivity index (χ1n) is 6.32. The minimum atomic E-state index is 0.133. The van der Waals surface area contributed by atoms with Crippen LogP contribution < -0.4 is 5.32 Å². The summed E-state index contributed by atoms with van der Waals surface area (Å²) in [7, 11) is 0. The fourth-order valence-electron chi connectivity index (χ4n) is 2.03. The molecule has 0 fully saturated rings. The Labute approximate surface area is 108 Å². The van der Waals surface area contributed by atoms with E-state index in [0.717, 1.165) is 17.7 Å². The highest BCUT2D eigenvalue weighted by atomic mass is 16.3. The second-order valence-corrected chi connectivity index (χ2v) is 4.53. The predicted molar refractivity (Wildman–Crippen MR) is 75.9 cm³/mol. The maximum Gasteiger partial charge on any atom is 0.120 e. The second-order valence-electron chi connectivity index (χ2n) is 4.53. The molecule has 0 heterocycles. The molecule has 94 valence electrons. The first-order valence-corrected chi connectivity index (χ1v) is 6.32. The molecule has 0 saturated heterocycles. The van der Waals surface area contributed by atoms with Gasteiger partial charge in [0.2, 0.25) is 0 Å². The van der Waals surface area contributed by atoms with E-state index in [1.165, 1.54) is 5.56 Å². The summed E-state index contributed by atoms with van der Waals surface area (Å²) in [6.07, 6.45) is 0.922. The summed E-state index contributed by atoms with van der Waals surface area (Å²) >= 11 is 0. The summed E-state index contributed by atoms with van der Waals surface area (Å²) in [5, 5.41) is 13.3. The van der Waals surface area contributed by atoms with E-state index < -0.39 is 0 Å². The largest absolute Gasteiger partial charge is 0.508 e. The Morgan fingerprint density at radius 3 is 2.33 bits per heavy atom. The van der Waals surface area contributed by atoms with Crippen LogP contribution in [-0.4, -0.2) is 5.11 Å². The van der Waals surface area contributed by atoms with Crippen LogP contribution in [0, 0.1) is 6.92 Å². The van der Waals surface area contributed by atoms with Gasteiger partial charge in [-0.25, -0.2) is 0 Å². The van der Waals surface area contributed by atoms with Gasteiger partial charge in [0.05, 0.1) is 6.04 Å². The lowest BCUT2D eigenvalue weighted by Gasteiger charge is -2.19. The molecule has 1 atom stereocenters. The quantitative estimate of drug-likeness (QED) is 0.838. The number of aryl methyl sites for hydroxylation is 1. The number of phenolic OH excluding ortho intramolecular Hbond substituents is 1. The third-order valence-corrected chi connectivity index (χ3v) is 3.11. The molecule has 0 amide bonds. The summed E-state index contributed by atoms with van der Waals surface area (Å²) in [4.78, 5) is 0. The van der Waals surface area contributed by atoms with Crippen molar-refractivity contribution in [1.29, 1.82) is 0 Å². The molecule has 2 rings (SSSR count). The monoisotopic (exact) mass is 241 g/mol. The average molecular weight is 241 g/mol. The topological polar surface area (TPSA) is 32.3 Å². The van der Waals surface area contributed by atoms with Crippen LogP contribution in [0.15, 0.2) is 48.5 Å². The lowest BCUT2D eigenvalue weighted by Crippen LogP contribution is -2.09. The summed E-state index contributed by atoms with van der Waals surface area (Å²) in [6.45, 7) is 4.18. The van der Waals surface area contributed by atoms with Crippen LogP contribution in [0.25, 0.3) is 0 Å². The van der Waals surface area contributed by atoms with E-state index in [4.69, 9.17) is 0 Å². The van der Waals surface area contributed by atoms with Gasteiger partial charge in [0.1, 0.15) is 5.75 Å². The third-order valence-electron chi connectivity index (χ3n) is 3.11. The number of hydrogen-bond acceptors (Lipinski definition) is 2. The number of anilines is 1. The van der Waals surface area contributed by atoms with Crippen molar-refractivity contribution in [2.24, 2.45) is 0 Å². The lowest BCUT2D eigenvalue weighted by molar-refractivity contribution is 0.463. The summed E-state index contributed by atoms with van der Waals surface area (Å²) in [5.41, 5.74) is 3.27. The highest BCUT2D eigenvalue weighted by Gasteiger charge is 2.12. The van der Waals surface area contributed by atoms with Gasteiger partial charge < -0.3 is 10.4 Å². The van der Waals surface area contributed by atoms with Crippen LogP contribution in [-0.2, 0) is 0 Å². The first kappa shape index (κ1) is 12.5. The summed E-state index contributed by atoms with van der Waals surface area (Å²) < 4.78 is 0. The molecule has 2 N–H and O–H groups in total. The van der Waals surface area contributed by atoms with Crippen molar-refractivity contribution in [3.63, 3.8) is 0 Å². The normalized spacial score (nSPS) is 12.1. The Bertz CT molecular complexity index is 505. The van der Waals surface area contributed by atoms with Gasteiger partial charge in [-0.15, -0.1) is 0 Å². The molecular formula is C16H19NO. The van der Waals surface area contributed by atoms with Gasteiger partial charge in [0, 0.05) is 11.3 Å². The van der Waals surface area contributed by atoms with Crippen molar-refractivity contribution in [2.45, 2.75) is 26.3 Å². The molecule has 0 aliphatic carbocycles. The van der Waals surface area contributed by atoms with Crippen LogP contribution in [0.1, 0.15) is 30.5 Å². The van der Waals surface area contributed by atoms with E-state index >= 15 is 0 Å². The molecule has 0 aromatic heterocycles. The Morgan fingerprint density at radius 1 is 1.06 bits per heavy atom. The van der Waals surface area contributed by atoms with Crippen LogP contribution in [0.5, 0.6) is 5.75 Å². The molecule has 2 aromatic carbocycles. The Kier molecular flexibility index (Phi) is 3.88. The Balaban J connectivity index is 2.20. The molecule has 0 bridgehead atoms. The zero-order valence-electron chi connectivity index (χ0n) is 10.9. The van der Waals surface area contributed by atoms with Gasteiger partial charge in [-0.3, -0.25) is 0 Å².